The molecule has 1 unspecified atom stereocenters. The van der Waals surface area contributed by atoms with E-state index in [0.717, 1.165) is 22.0 Å². The van der Waals surface area contributed by atoms with E-state index in [0.29, 0.717) is 22.1 Å². The van der Waals surface area contributed by atoms with Crippen LogP contribution in [0.15, 0.2) is 42.7 Å². The van der Waals surface area contributed by atoms with Crippen LogP contribution in [0.4, 0.5) is 0 Å². The maximum atomic E-state index is 10.5. The van der Waals surface area contributed by atoms with Crippen LogP contribution in [0.5, 0.6) is 0 Å². The normalized spacial score (nSPS) is 12.8. The van der Waals surface area contributed by atoms with Crippen LogP contribution in [0.2, 0.25) is 5.02 Å². The highest BCUT2D eigenvalue weighted by atomic mass is 35.5. The average Bonchev–Trinajstić information content (AvgIpc) is 2.99. The maximum absolute atomic E-state index is 10.5. The van der Waals surface area contributed by atoms with Gasteiger partial charge in [0.1, 0.15) is 11.3 Å². The predicted molar refractivity (Wildman–Crippen MR) is 89.4 cm³/mol. The fourth-order valence-corrected chi connectivity index (χ4v) is 2.74. The Morgan fingerprint density at radius 1 is 1.09 bits per heavy atom. The summed E-state index contributed by atoms with van der Waals surface area (Å²) >= 11 is 6.08. The molecule has 4 rings (SSSR count). The summed E-state index contributed by atoms with van der Waals surface area (Å²) in [7, 11) is 0. The third-order valence-corrected chi connectivity index (χ3v) is 4.01. The van der Waals surface area contributed by atoms with Gasteiger partial charge in [0.25, 0.3) is 0 Å². The van der Waals surface area contributed by atoms with E-state index in [1.165, 1.54) is 0 Å². The summed E-state index contributed by atoms with van der Waals surface area (Å²) in [6.45, 7) is 1.95. The fourth-order valence-electron chi connectivity index (χ4n) is 2.57. The van der Waals surface area contributed by atoms with Crippen molar-refractivity contribution in [1.82, 2.24) is 19.9 Å². The van der Waals surface area contributed by atoms with Gasteiger partial charge in [-0.15, -0.1) is 0 Å². The van der Waals surface area contributed by atoms with Crippen molar-refractivity contribution in [3.63, 3.8) is 0 Å². The third kappa shape index (κ3) is 2.44. The summed E-state index contributed by atoms with van der Waals surface area (Å²) in [5.41, 5.74) is 3.89. The highest BCUT2D eigenvalue weighted by molar-refractivity contribution is 6.31. The zero-order valence-corrected chi connectivity index (χ0v) is 13.0. The lowest BCUT2D eigenvalue weighted by Gasteiger charge is -2.06. The number of pyridine rings is 2. The molecule has 5 nitrogen and oxygen atoms in total. The Morgan fingerprint density at radius 2 is 1.96 bits per heavy atom. The monoisotopic (exact) mass is 324 g/mol. The van der Waals surface area contributed by atoms with Gasteiger partial charge in [-0.3, -0.25) is 9.97 Å². The summed E-state index contributed by atoms with van der Waals surface area (Å²) in [5.74, 6) is 0.436. The molecule has 0 saturated heterocycles. The minimum absolute atomic E-state index is 0.436. The first-order valence-electron chi connectivity index (χ1n) is 7.16. The van der Waals surface area contributed by atoms with Crippen LogP contribution in [0.3, 0.4) is 0 Å². The lowest BCUT2D eigenvalue weighted by atomic mass is 10.2. The summed E-state index contributed by atoms with van der Waals surface area (Å²) in [6, 6.07) is 9.19. The zero-order valence-electron chi connectivity index (χ0n) is 12.3. The van der Waals surface area contributed by atoms with E-state index < -0.39 is 6.10 Å². The summed E-state index contributed by atoms with van der Waals surface area (Å²) in [6.07, 6.45) is 2.48. The number of aromatic amines is 1. The van der Waals surface area contributed by atoms with Crippen LogP contribution in [0.1, 0.15) is 23.2 Å². The Kier molecular flexibility index (Phi) is 3.25. The number of aliphatic hydroxyl groups excluding tert-OH is 1. The first-order chi connectivity index (χ1) is 11.1. The number of aryl methyl sites for hydroxylation is 1. The first-order valence-corrected chi connectivity index (χ1v) is 7.54. The summed E-state index contributed by atoms with van der Waals surface area (Å²) in [4.78, 5) is 16.2. The van der Waals surface area contributed by atoms with E-state index in [4.69, 9.17) is 11.6 Å². The van der Waals surface area contributed by atoms with Crippen molar-refractivity contribution in [3.8, 4) is 0 Å². The number of aromatic nitrogens is 4. The topological polar surface area (TPSA) is 74.7 Å². The highest BCUT2D eigenvalue weighted by Gasteiger charge is 2.17. The minimum Gasteiger partial charge on any atom is -0.379 e. The number of H-pyrrole nitrogens is 1. The predicted octanol–water partition coefficient (Wildman–Crippen LogP) is 3.55. The van der Waals surface area contributed by atoms with Gasteiger partial charge in [-0.2, -0.15) is 0 Å². The molecule has 1 aromatic carbocycles. The van der Waals surface area contributed by atoms with Crippen molar-refractivity contribution in [2.24, 2.45) is 0 Å². The lowest BCUT2D eigenvalue weighted by Crippen LogP contribution is -2.04. The second kappa shape index (κ2) is 5.30. The van der Waals surface area contributed by atoms with Crippen molar-refractivity contribution in [2.45, 2.75) is 13.0 Å². The number of aliphatic hydroxyl groups is 1. The lowest BCUT2D eigenvalue weighted by molar-refractivity contribution is 0.206. The number of imidazole rings is 1. The molecule has 4 aromatic rings. The molecule has 3 heterocycles. The van der Waals surface area contributed by atoms with Crippen LogP contribution in [-0.2, 0) is 0 Å². The van der Waals surface area contributed by atoms with E-state index >= 15 is 0 Å². The minimum atomic E-state index is -0.919. The Labute approximate surface area is 137 Å². The van der Waals surface area contributed by atoms with Gasteiger partial charge in [0.05, 0.1) is 22.9 Å². The number of hydrogen-bond donors (Lipinski definition) is 2. The second-order valence-electron chi connectivity index (χ2n) is 5.46. The summed E-state index contributed by atoms with van der Waals surface area (Å²) < 4.78 is 0. The maximum Gasteiger partial charge on any atom is 0.153 e. The molecule has 2 N–H and O–H groups in total. The van der Waals surface area contributed by atoms with Gasteiger partial charge in [-0.05, 0) is 36.8 Å². The van der Waals surface area contributed by atoms with Gasteiger partial charge < -0.3 is 10.1 Å². The van der Waals surface area contributed by atoms with Gasteiger partial charge in [-0.25, -0.2) is 4.98 Å². The van der Waals surface area contributed by atoms with Gasteiger partial charge >= 0.3 is 0 Å². The molecule has 6 heteroatoms. The molecule has 0 spiro atoms. The van der Waals surface area contributed by atoms with Crippen molar-refractivity contribution < 1.29 is 5.11 Å². The van der Waals surface area contributed by atoms with Gasteiger partial charge in [0, 0.05) is 16.6 Å². The number of nitrogens with zero attached hydrogens (tertiary/aromatic N) is 3. The molecule has 0 bridgehead atoms. The van der Waals surface area contributed by atoms with E-state index in [1.54, 1.807) is 24.5 Å². The van der Waals surface area contributed by atoms with E-state index in [2.05, 4.69) is 19.9 Å². The SMILES string of the molecule is Cc1ccc(C(O)c2nc3cnc4ccc(Cl)cc4c3[nH]2)nc1. The molecule has 0 aliphatic heterocycles. The standard InChI is InChI=1S/C17H13ClN4O/c1-9-2-4-13(19-7-9)16(23)17-21-14-8-20-12-5-3-10(18)6-11(12)15(14)22-17/h2-8,16,23H,1H3,(H,21,22). The molecule has 0 saturated carbocycles. The average molecular weight is 325 g/mol. The smallest absolute Gasteiger partial charge is 0.153 e. The van der Waals surface area contributed by atoms with Crippen LogP contribution >= 0.6 is 11.6 Å². The largest absolute Gasteiger partial charge is 0.379 e. The van der Waals surface area contributed by atoms with Gasteiger partial charge in [0.2, 0.25) is 0 Å². The number of nitrogens with one attached hydrogen (secondary N) is 1. The van der Waals surface area contributed by atoms with Crippen LogP contribution in [0, 0.1) is 6.92 Å². The van der Waals surface area contributed by atoms with Gasteiger partial charge in [-0.1, -0.05) is 17.7 Å². The molecular weight excluding hydrogens is 312 g/mol. The van der Waals surface area contributed by atoms with Crippen LogP contribution in [0.25, 0.3) is 21.9 Å². The molecule has 0 radical (unpaired) electrons. The fraction of sp³-hybridized carbons (Fsp3) is 0.118. The second-order valence-corrected chi connectivity index (χ2v) is 5.90. The quantitative estimate of drug-likeness (QED) is 0.591. The number of benzene rings is 1. The van der Waals surface area contributed by atoms with Crippen molar-refractivity contribution in [3.05, 3.63) is 64.8 Å². The Balaban J connectivity index is 1.86. The Morgan fingerprint density at radius 3 is 2.74 bits per heavy atom. The molecule has 3 aromatic heterocycles. The van der Waals surface area contributed by atoms with Crippen LogP contribution in [-0.4, -0.2) is 25.0 Å². The third-order valence-electron chi connectivity index (χ3n) is 3.78. The molecule has 0 aliphatic carbocycles. The Hall–Kier alpha value is -2.50. The highest BCUT2D eigenvalue weighted by Crippen LogP contribution is 2.27. The molecular formula is C17H13ClN4O. The van der Waals surface area contributed by atoms with E-state index in [-0.39, 0.29) is 0 Å². The molecule has 114 valence electrons. The number of fused-ring (bicyclic) bond motifs is 3. The number of halogens is 1. The van der Waals surface area contributed by atoms with E-state index in [9.17, 15) is 5.11 Å². The van der Waals surface area contributed by atoms with E-state index in [1.807, 2.05) is 25.1 Å². The van der Waals surface area contributed by atoms with Crippen molar-refractivity contribution >= 4 is 33.5 Å². The summed E-state index contributed by atoms with van der Waals surface area (Å²) in [5, 5.41) is 12.0. The number of rotatable bonds is 2. The molecule has 0 fully saturated rings. The molecule has 0 amide bonds. The van der Waals surface area contributed by atoms with Crippen molar-refractivity contribution in [1.29, 1.82) is 0 Å². The first kappa shape index (κ1) is 14.1. The Bertz CT molecular complexity index is 1010. The molecule has 23 heavy (non-hydrogen) atoms. The number of hydrogen-bond acceptors (Lipinski definition) is 4. The van der Waals surface area contributed by atoms with Gasteiger partial charge in [0.15, 0.2) is 6.10 Å². The zero-order chi connectivity index (χ0) is 16.0. The van der Waals surface area contributed by atoms with Crippen LogP contribution < -0.4 is 0 Å². The molecule has 1 atom stereocenters. The van der Waals surface area contributed by atoms with Crippen molar-refractivity contribution in [2.75, 3.05) is 0 Å². The molecule has 0 aliphatic rings.